The molecular formula is C16H19Cl3N2O. The normalized spacial score (nSPS) is 14.5. The van der Waals surface area contributed by atoms with Gasteiger partial charge in [0.25, 0.3) is 0 Å². The summed E-state index contributed by atoms with van der Waals surface area (Å²) < 4.78 is 5.84. The summed E-state index contributed by atoms with van der Waals surface area (Å²) >= 11 is 6.17. The van der Waals surface area contributed by atoms with Crippen molar-refractivity contribution in [2.45, 2.75) is 12.8 Å². The SMILES string of the molecule is Cl.Cl.NCC1(COc2cnc(Cl)c(-c3ccccc3)c2)CC1. The summed E-state index contributed by atoms with van der Waals surface area (Å²) in [6.07, 6.45) is 3.97. The van der Waals surface area contributed by atoms with E-state index in [9.17, 15) is 0 Å². The molecule has 1 aliphatic rings. The molecule has 0 amide bonds. The summed E-state index contributed by atoms with van der Waals surface area (Å²) in [7, 11) is 0. The van der Waals surface area contributed by atoms with E-state index in [1.165, 1.54) is 0 Å². The lowest BCUT2D eigenvalue weighted by molar-refractivity contribution is 0.238. The summed E-state index contributed by atoms with van der Waals surface area (Å²) in [4.78, 5) is 4.21. The Morgan fingerprint density at radius 3 is 2.45 bits per heavy atom. The molecule has 1 aromatic carbocycles. The van der Waals surface area contributed by atoms with Gasteiger partial charge in [-0.15, -0.1) is 24.8 Å². The maximum atomic E-state index is 6.17. The zero-order valence-electron chi connectivity index (χ0n) is 12.0. The number of nitrogens with two attached hydrogens (primary N) is 1. The number of pyridine rings is 1. The van der Waals surface area contributed by atoms with E-state index in [4.69, 9.17) is 22.1 Å². The Hall–Kier alpha value is -1.00. The maximum absolute atomic E-state index is 6.17. The van der Waals surface area contributed by atoms with Crippen LogP contribution >= 0.6 is 36.4 Å². The summed E-state index contributed by atoms with van der Waals surface area (Å²) in [5.74, 6) is 0.743. The van der Waals surface area contributed by atoms with Crippen LogP contribution in [-0.4, -0.2) is 18.1 Å². The minimum Gasteiger partial charge on any atom is -0.491 e. The fourth-order valence-corrected chi connectivity index (χ4v) is 2.36. The number of hydrogen-bond acceptors (Lipinski definition) is 3. The fourth-order valence-electron chi connectivity index (χ4n) is 2.15. The number of ether oxygens (including phenoxy) is 1. The first-order valence-electron chi connectivity index (χ1n) is 6.76. The first-order valence-corrected chi connectivity index (χ1v) is 7.14. The first-order chi connectivity index (χ1) is 9.72. The Morgan fingerprint density at radius 2 is 1.86 bits per heavy atom. The molecule has 0 unspecified atom stereocenters. The van der Waals surface area contributed by atoms with Crippen molar-refractivity contribution in [3.8, 4) is 16.9 Å². The van der Waals surface area contributed by atoms with Gasteiger partial charge in [-0.2, -0.15) is 0 Å². The summed E-state index contributed by atoms with van der Waals surface area (Å²) in [5, 5.41) is 0.489. The van der Waals surface area contributed by atoms with Crippen molar-refractivity contribution in [3.05, 3.63) is 47.7 Å². The molecule has 1 aliphatic carbocycles. The molecule has 0 bridgehead atoms. The van der Waals surface area contributed by atoms with Crippen LogP contribution < -0.4 is 10.5 Å². The maximum Gasteiger partial charge on any atom is 0.138 e. The smallest absolute Gasteiger partial charge is 0.138 e. The van der Waals surface area contributed by atoms with Crippen molar-refractivity contribution < 1.29 is 4.74 Å². The monoisotopic (exact) mass is 360 g/mol. The van der Waals surface area contributed by atoms with Crippen LogP contribution in [0.25, 0.3) is 11.1 Å². The molecule has 2 aromatic rings. The van der Waals surface area contributed by atoms with Gasteiger partial charge in [-0.05, 0) is 24.5 Å². The van der Waals surface area contributed by atoms with Crippen LogP contribution in [0.2, 0.25) is 5.15 Å². The highest BCUT2D eigenvalue weighted by Gasteiger charge is 2.42. The van der Waals surface area contributed by atoms with Crippen LogP contribution in [0.1, 0.15) is 12.8 Å². The molecule has 1 saturated carbocycles. The lowest BCUT2D eigenvalue weighted by Gasteiger charge is -2.14. The van der Waals surface area contributed by atoms with Gasteiger partial charge in [0.15, 0.2) is 0 Å². The molecule has 1 aromatic heterocycles. The van der Waals surface area contributed by atoms with E-state index < -0.39 is 0 Å². The molecule has 0 radical (unpaired) electrons. The predicted octanol–water partition coefficient (Wildman–Crippen LogP) is 4.36. The van der Waals surface area contributed by atoms with E-state index >= 15 is 0 Å². The third kappa shape index (κ3) is 4.26. The van der Waals surface area contributed by atoms with Crippen molar-refractivity contribution in [2.24, 2.45) is 11.1 Å². The van der Waals surface area contributed by atoms with Gasteiger partial charge in [0, 0.05) is 17.5 Å². The molecule has 3 nitrogen and oxygen atoms in total. The molecule has 0 spiro atoms. The Morgan fingerprint density at radius 1 is 1.18 bits per heavy atom. The molecule has 0 atom stereocenters. The average molecular weight is 362 g/mol. The van der Waals surface area contributed by atoms with Crippen molar-refractivity contribution in [1.29, 1.82) is 0 Å². The van der Waals surface area contributed by atoms with Crippen molar-refractivity contribution in [1.82, 2.24) is 4.98 Å². The molecule has 22 heavy (non-hydrogen) atoms. The molecule has 3 rings (SSSR count). The number of halogens is 3. The highest BCUT2D eigenvalue weighted by atomic mass is 35.5. The summed E-state index contributed by atoms with van der Waals surface area (Å²) in [6.45, 7) is 1.33. The Balaban J connectivity index is 0.00000121. The van der Waals surface area contributed by atoms with Gasteiger partial charge in [-0.25, -0.2) is 4.98 Å². The standard InChI is InChI=1S/C16H17ClN2O.2ClH/c17-15-14(12-4-2-1-3-5-12)8-13(9-19-15)20-11-16(10-18)6-7-16;;/h1-5,8-9H,6-7,10-11,18H2;2*1H. The number of benzene rings is 1. The second kappa shape index (κ2) is 8.02. The van der Waals surface area contributed by atoms with Crippen LogP contribution in [0.15, 0.2) is 42.6 Å². The van der Waals surface area contributed by atoms with Crippen LogP contribution in [0.5, 0.6) is 5.75 Å². The lowest BCUT2D eigenvalue weighted by Crippen LogP contribution is -2.22. The third-order valence-corrected chi connectivity index (χ3v) is 4.14. The second-order valence-corrected chi connectivity index (χ2v) is 5.73. The molecule has 0 aliphatic heterocycles. The highest BCUT2D eigenvalue weighted by Crippen LogP contribution is 2.44. The van der Waals surface area contributed by atoms with Gasteiger partial charge in [-0.3, -0.25) is 0 Å². The Bertz CT molecular complexity index is 604. The van der Waals surface area contributed by atoms with Crippen LogP contribution in [-0.2, 0) is 0 Å². The molecule has 1 heterocycles. The minimum absolute atomic E-state index is 0. The van der Waals surface area contributed by atoms with E-state index in [-0.39, 0.29) is 30.2 Å². The predicted molar refractivity (Wildman–Crippen MR) is 95.4 cm³/mol. The van der Waals surface area contributed by atoms with E-state index in [0.29, 0.717) is 18.3 Å². The number of hydrogen-bond donors (Lipinski definition) is 1. The van der Waals surface area contributed by atoms with Crippen LogP contribution in [0, 0.1) is 5.41 Å². The van der Waals surface area contributed by atoms with Gasteiger partial charge >= 0.3 is 0 Å². The minimum atomic E-state index is 0. The van der Waals surface area contributed by atoms with Gasteiger partial charge < -0.3 is 10.5 Å². The third-order valence-electron chi connectivity index (χ3n) is 3.83. The Labute approximate surface area is 148 Å². The number of nitrogens with zero attached hydrogens (tertiary/aromatic N) is 1. The zero-order chi connectivity index (χ0) is 14.0. The molecule has 0 saturated heterocycles. The van der Waals surface area contributed by atoms with E-state index in [2.05, 4.69) is 4.98 Å². The Kier molecular flexibility index (Phi) is 6.95. The van der Waals surface area contributed by atoms with Crippen molar-refractivity contribution >= 4 is 36.4 Å². The summed E-state index contributed by atoms with van der Waals surface area (Å²) in [5.41, 5.74) is 7.88. The fraction of sp³-hybridized carbons (Fsp3) is 0.312. The van der Waals surface area contributed by atoms with E-state index in [1.807, 2.05) is 36.4 Å². The van der Waals surface area contributed by atoms with Gasteiger partial charge in [0.05, 0.1) is 12.8 Å². The average Bonchev–Trinajstić information content (AvgIpc) is 3.28. The van der Waals surface area contributed by atoms with Crippen molar-refractivity contribution in [3.63, 3.8) is 0 Å². The molecular weight excluding hydrogens is 343 g/mol. The highest BCUT2D eigenvalue weighted by molar-refractivity contribution is 6.32. The summed E-state index contributed by atoms with van der Waals surface area (Å²) in [6, 6.07) is 11.9. The van der Waals surface area contributed by atoms with Crippen LogP contribution in [0.3, 0.4) is 0 Å². The quantitative estimate of drug-likeness (QED) is 0.805. The van der Waals surface area contributed by atoms with E-state index in [1.54, 1.807) is 6.20 Å². The number of aromatic nitrogens is 1. The molecule has 6 heteroatoms. The first kappa shape index (κ1) is 19.0. The largest absolute Gasteiger partial charge is 0.491 e. The van der Waals surface area contributed by atoms with E-state index in [0.717, 1.165) is 29.7 Å². The van der Waals surface area contributed by atoms with Gasteiger partial charge in [0.2, 0.25) is 0 Å². The van der Waals surface area contributed by atoms with Gasteiger partial charge in [0.1, 0.15) is 10.9 Å². The topological polar surface area (TPSA) is 48.1 Å². The van der Waals surface area contributed by atoms with Gasteiger partial charge in [-0.1, -0.05) is 41.9 Å². The zero-order valence-corrected chi connectivity index (χ0v) is 14.4. The number of rotatable bonds is 5. The van der Waals surface area contributed by atoms with Crippen LogP contribution in [0.4, 0.5) is 0 Å². The molecule has 1 fully saturated rings. The molecule has 120 valence electrons. The molecule has 2 N–H and O–H groups in total. The van der Waals surface area contributed by atoms with Crippen molar-refractivity contribution in [2.75, 3.05) is 13.2 Å². The second-order valence-electron chi connectivity index (χ2n) is 5.37. The lowest BCUT2D eigenvalue weighted by atomic mass is 10.1.